The molecular weight excluding hydrogens is 204 g/mol. The predicted octanol–water partition coefficient (Wildman–Crippen LogP) is 3.27. The van der Waals surface area contributed by atoms with Crippen LogP contribution in [0.4, 0.5) is 0 Å². The Morgan fingerprint density at radius 1 is 1.06 bits per heavy atom. The molecule has 0 unspecified atom stereocenters. The molecule has 0 heteroatoms. The Morgan fingerprint density at radius 2 is 1.88 bits per heavy atom. The second-order valence-electron chi connectivity index (χ2n) is 4.11. The van der Waals surface area contributed by atoms with E-state index in [1.807, 2.05) is 0 Å². The monoisotopic (exact) mass is 222 g/mol. The van der Waals surface area contributed by atoms with Crippen molar-refractivity contribution in [3.63, 3.8) is 0 Å². The molecule has 0 fully saturated rings. The van der Waals surface area contributed by atoms with Crippen molar-refractivity contribution in [2.45, 2.75) is 20.3 Å². The summed E-state index contributed by atoms with van der Waals surface area (Å²) in [6.07, 6.45) is 18.4. The van der Waals surface area contributed by atoms with E-state index in [-0.39, 0.29) is 0 Å². The van der Waals surface area contributed by atoms with E-state index in [9.17, 15) is 0 Å². The molecule has 0 amide bonds. The Labute approximate surface area is 103 Å². The van der Waals surface area contributed by atoms with Crippen molar-refractivity contribution in [1.29, 1.82) is 0 Å². The molecule has 0 saturated carbocycles. The van der Waals surface area contributed by atoms with Crippen molar-refractivity contribution in [3.05, 3.63) is 58.0 Å². The highest BCUT2D eigenvalue weighted by atomic mass is 14.0. The lowest BCUT2D eigenvalue weighted by molar-refractivity contribution is 1.42. The van der Waals surface area contributed by atoms with Crippen LogP contribution in [0.5, 0.6) is 0 Å². The van der Waals surface area contributed by atoms with E-state index in [1.165, 1.54) is 21.6 Å². The minimum absolute atomic E-state index is 1.02. The summed E-state index contributed by atoms with van der Waals surface area (Å²) in [5.41, 5.74) is 2.59. The summed E-state index contributed by atoms with van der Waals surface area (Å²) in [5.74, 6) is 0. The van der Waals surface area contributed by atoms with Crippen LogP contribution in [0.2, 0.25) is 0 Å². The van der Waals surface area contributed by atoms with Crippen molar-refractivity contribution >= 4 is 24.3 Å². The molecule has 0 spiro atoms. The van der Waals surface area contributed by atoms with E-state index in [0.717, 1.165) is 6.42 Å². The van der Waals surface area contributed by atoms with Gasteiger partial charge in [-0.2, -0.15) is 0 Å². The Hall–Kier alpha value is -1.82. The summed E-state index contributed by atoms with van der Waals surface area (Å²) in [7, 11) is 0. The lowest BCUT2D eigenvalue weighted by Gasteiger charge is -2.03. The summed E-state index contributed by atoms with van der Waals surface area (Å²) >= 11 is 0. The van der Waals surface area contributed by atoms with Gasteiger partial charge in [-0.05, 0) is 41.8 Å². The van der Waals surface area contributed by atoms with Gasteiger partial charge in [-0.1, -0.05) is 60.7 Å². The van der Waals surface area contributed by atoms with Gasteiger partial charge in [-0.3, -0.25) is 0 Å². The predicted molar refractivity (Wildman–Crippen MR) is 77.8 cm³/mol. The molecule has 0 N–H and O–H groups in total. The number of fused-ring (bicyclic) bond motifs is 1. The molecule has 0 aliphatic heterocycles. The summed E-state index contributed by atoms with van der Waals surface area (Å²) in [5, 5.41) is 2.66. The fourth-order valence-corrected chi connectivity index (χ4v) is 2.15. The zero-order chi connectivity index (χ0) is 12.1. The molecule has 0 heterocycles. The van der Waals surface area contributed by atoms with Gasteiger partial charge in [0, 0.05) is 0 Å². The molecule has 0 nitrogen and oxygen atoms in total. The minimum atomic E-state index is 1.02. The third kappa shape index (κ3) is 2.47. The molecule has 0 aromatic heterocycles. The highest BCUT2D eigenvalue weighted by Crippen LogP contribution is 2.08. The van der Waals surface area contributed by atoms with Crippen molar-refractivity contribution in [2.24, 2.45) is 0 Å². The summed E-state index contributed by atoms with van der Waals surface area (Å²) < 4.78 is 0. The maximum Gasteiger partial charge on any atom is -0.0109 e. The number of allylic oxidation sites excluding steroid dienone is 4. The zero-order valence-electron chi connectivity index (χ0n) is 10.5. The normalized spacial score (nSPS) is 14.5. The van der Waals surface area contributed by atoms with Crippen LogP contribution in [0.1, 0.15) is 31.4 Å². The maximum atomic E-state index is 2.28. The van der Waals surface area contributed by atoms with Gasteiger partial charge in [0.05, 0.1) is 0 Å². The number of hydrogen-bond acceptors (Lipinski definition) is 0. The van der Waals surface area contributed by atoms with Crippen molar-refractivity contribution in [2.75, 3.05) is 0 Å². The van der Waals surface area contributed by atoms with Crippen LogP contribution in [0.25, 0.3) is 24.3 Å². The van der Waals surface area contributed by atoms with E-state index in [4.69, 9.17) is 0 Å². The molecule has 0 bridgehead atoms. The first-order chi connectivity index (χ1) is 8.36. The van der Waals surface area contributed by atoms with Gasteiger partial charge in [-0.15, -0.1) is 0 Å². The zero-order valence-corrected chi connectivity index (χ0v) is 10.5. The first-order valence-corrected chi connectivity index (χ1v) is 6.12. The van der Waals surface area contributed by atoms with E-state index in [2.05, 4.69) is 74.6 Å². The Balaban J connectivity index is 2.82. The second-order valence-corrected chi connectivity index (χ2v) is 4.11. The third-order valence-corrected chi connectivity index (χ3v) is 2.91. The van der Waals surface area contributed by atoms with E-state index < -0.39 is 0 Å². The summed E-state index contributed by atoms with van der Waals surface area (Å²) in [4.78, 5) is 0. The van der Waals surface area contributed by atoms with Crippen LogP contribution in [-0.4, -0.2) is 0 Å². The molecule has 86 valence electrons. The first-order valence-electron chi connectivity index (χ1n) is 6.12. The van der Waals surface area contributed by atoms with Crippen molar-refractivity contribution in [1.82, 2.24) is 0 Å². The fraction of sp³-hybridized carbons (Fsp3) is 0.176. The van der Waals surface area contributed by atoms with Gasteiger partial charge in [0.2, 0.25) is 0 Å². The number of benzene rings is 1. The van der Waals surface area contributed by atoms with E-state index in [0.29, 0.717) is 0 Å². The standard InChI is InChI=1S/C17H18/c1-3-8-14-12-13-15-10-6-5-7-11-17(15)16(14)9-4-2/h3-5,7-13H,6H2,1-2H3/b8-3-,9-4-. The molecule has 0 radical (unpaired) electrons. The average Bonchev–Trinajstić information content (AvgIpc) is 2.58. The Bertz CT molecular complexity index is 596. The lowest BCUT2D eigenvalue weighted by Crippen LogP contribution is -2.27. The van der Waals surface area contributed by atoms with Gasteiger partial charge in [0.25, 0.3) is 0 Å². The average molecular weight is 222 g/mol. The van der Waals surface area contributed by atoms with Crippen LogP contribution < -0.4 is 10.4 Å². The largest absolute Gasteiger partial charge is 0.0870 e. The SMILES string of the molecule is C/C=C\c1ccc2c(c1/C=C\C)=CC=CCC=2. The van der Waals surface area contributed by atoms with Crippen LogP contribution in [-0.2, 0) is 0 Å². The topological polar surface area (TPSA) is 0 Å². The lowest BCUT2D eigenvalue weighted by atomic mass is 10.0. The molecule has 0 atom stereocenters. The van der Waals surface area contributed by atoms with Gasteiger partial charge < -0.3 is 0 Å². The fourth-order valence-electron chi connectivity index (χ4n) is 2.15. The molecule has 1 aromatic carbocycles. The van der Waals surface area contributed by atoms with Crippen molar-refractivity contribution < 1.29 is 0 Å². The molecule has 0 saturated heterocycles. The van der Waals surface area contributed by atoms with Crippen LogP contribution in [0, 0.1) is 0 Å². The summed E-state index contributed by atoms with van der Waals surface area (Å²) in [6, 6.07) is 4.41. The van der Waals surface area contributed by atoms with Gasteiger partial charge in [0.15, 0.2) is 0 Å². The summed E-state index contributed by atoms with van der Waals surface area (Å²) in [6.45, 7) is 4.12. The molecular formula is C17H18. The highest BCUT2D eigenvalue weighted by molar-refractivity contribution is 5.68. The van der Waals surface area contributed by atoms with Crippen LogP contribution in [0.3, 0.4) is 0 Å². The Kier molecular flexibility index (Phi) is 3.77. The number of hydrogen-bond donors (Lipinski definition) is 0. The Morgan fingerprint density at radius 3 is 2.65 bits per heavy atom. The van der Waals surface area contributed by atoms with E-state index in [1.54, 1.807) is 0 Å². The number of rotatable bonds is 2. The van der Waals surface area contributed by atoms with Crippen LogP contribution in [0.15, 0.2) is 36.4 Å². The van der Waals surface area contributed by atoms with Gasteiger partial charge in [0.1, 0.15) is 0 Å². The van der Waals surface area contributed by atoms with Crippen LogP contribution >= 0.6 is 0 Å². The molecule has 1 aliphatic rings. The van der Waals surface area contributed by atoms with Gasteiger partial charge >= 0.3 is 0 Å². The quantitative estimate of drug-likeness (QED) is 0.720. The smallest absolute Gasteiger partial charge is 0.0109 e. The maximum absolute atomic E-state index is 2.28. The first kappa shape index (κ1) is 11.7. The third-order valence-electron chi connectivity index (χ3n) is 2.91. The van der Waals surface area contributed by atoms with E-state index >= 15 is 0 Å². The second kappa shape index (κ2) is 5.49. The molecule has 1 aliphatic carbocycles. The molecule has 2 rings (SSSR count). The highest BCUT2D eigenvalue weighted by Gasteiger charge is 2.00. The van der Waals surface area contributed by atoms with Gasteiger partial charge in [-0.25, -0.2) is 0 Å². The van der Waals surface area contributed by atoms with Crippen molar-refractivity contribution in [3.8, 4) is 0 Å². The molecule has 1 aromatic rings. The minimum Gasteiger partial charge on any atom is -0.0870 e. The molecule has 17 heavy (non-hydrogen) atoms.